The average molecular weight is 378 g/mol. The van der Waals surface area contributed by atoms with Crippen molar-refractivity contribution >= 4 is 23.3 Å². The van der Waals surface area contributed by atoms with Gasteiger partial charge in [-0.25, -0.2) is 9.50 Å². The molecule has 0 spiro atoms. The van der Waals surface area contributed by atoms with Crippen molar-refractivity contribution in [2.75, 3.05) is 0 Å². The van der Waals surface area contributed by atoms with Crippen molar-refractivity contribution < 1.29 is 18.3 Å². The highest BCUT2D eigenvalue weighted by Crippen LogP contribution is 2.24. The Bertz CT molecular complexity index is 944. The molecule has 0 unspecified atom stereocenters. The van der Waals surface area contributed by atoms with Crippen molar-refractivity contribution in [2.45, 2.75) is 37.8 Å². The number of ketones is 1. The first kappa shape index (κ1) is 18.2. The van der Waals surface area contributed by atoms with Crippen molar-refractivity contribution in [3.63, 3.8) is 0 Å². The summed E-state index contributed by atoms with van der Waals surface area (Å²) in [7, 11) is 0. The third kappa shape index (κ3) is 3.98. The van der Waals surface area contributed by atoms with E-state index in [1.165, 1.54) is 36.0 Å². The topological polar surface area (TPSA) is 69.4 Å². The van der Waals surface area contributed by atoms with E-state index in [0.29, 0.717) is 16.5 Å². The molecule has 26 heavy (non-hydrogen) atoms. The van der Waals surface area contributed by atoms with E-state index in [0.717, 1.165) is 11.4 Å². The van der Waals surface area contributed by atoms with Gasteiger partial charge in [-0.05, 0) is 51.1 Å². The number of halogens is 2. The molecule has 9 heteroatoms. The van der Waals surface area contributed by atoms with E-state index in [1.54, 1.807) is 11.4 Å². The lowest BCUT2D eigenvalue weighted by atomic mass is 10.1. The number of thioether (sulfide) groups is 1. The van der Waals surface area contributed by atoms with Gasteiger partial charge in [0.2, 0.25) is 5.16 Å². The first-order chi connectivity index (χ1) is 12.3. The van der Waals surface area contributed by atoms with E-state index in [2.05, 4.69) is 19.8 Å². The fraction of sp³-hybridized carbons (Fsp3) is 0.294. The molecule has 0 radical (unpaired) electrons. The number of ether oxygens (including phenoxy) is 1. The molecule has 0 saturated heterocycles. The van der Waals surface area contributed by atoms with Gasteiger partial charge in [0.05, 0.1) is 5.25 Å². The second kappa shape index (κ2) is 7.36. The monoisotopic (exact) mass is 378 g/mol. The van der Waals surface area contributed by atoms with Crippen LogP contribution in [0.3, 0.4) is 0 Å². The molecule has 0 N–H and O–H groups in total. The Kier molecular flexibility index (Phi) is 5.17. The minimum absolute atomic E-state index is 0.00999. The molecule has 136 valence electrons. The Labute approximate surface area is 152 Å². The van der Waals surface area contributed by atoms with Crippen molar-refractivity contribution in [1.82, 2.24) is 19.6 Å². The number of fused-ring (bicyclic) bond motifs is 1. The van der Waals surface area contributed by atoms with Gasteiger partial charge in [0.25, 0.3) is 5.78 Å². The molecule has 0 saturated carbocycles. The van der Waals surface area contributed by atoms with Crippen LogP contribution in [0.5, 0.6) is 5.75 Å². The summed E-state index contributed by atoms with van der Waals surface area (Å²) in [4.78, 5) is 21.2. The van der Waals surface area contributed by atoms with E-state index in [1.807, 2.05) is 19.9 Å². The standard InChI is InChI=1S/C17H16F2N4O2S/c1-9-8-10(2)23-16(20-9)21-17(22-23)26-11(3)14(24)12-4-6-13(7-5-12)25-15(18)19/h4-8,11,15H,1-3H3/t11-/m1/s1. The molecule has 1 atom stereocenters. The summed E-state index contributed by atoms with van der Waals surface area (Å²) in [6.07, 6.45) is 0. The molecule has 3 aromatic rings. The zero-order valence-corrected chi connectivity index (χ0v) is 15.1. The molecular formula is C17H16F2N4O2S. The number of hydrogen-bond donors (Lipinski definition) is 0. The van der Waals surface area contributed by atoms with Crippen molar-refractivity contribution in [3.05, 3.63) is 47.3 Å². The Morgan fingerprint density at radius 1 is 1.19 bits per heavy atom. The Balaban J connectivity index is 1.74. The highest BCUT2D eigenvalue weighted by atomic mass is 32.2. The molecular weight excluding hydrogens is 362 g/mol. The predicted octanol–water partition coefficient (Wildman–Crippen LogP) is 3.71. The van der Waals surface area contributed by atoms with Gasteiger partial charge in [0, 0.05) is 17.0 Å². The van der Waals surface area contributed by atoms with E-state index < -0.39 is 11.9 Å². The quantitative estimate of drug-likeness (QED) is 0.481. The lowest BCUT2D eigenvalue weighted by Crippen LogP contribution is -2.13. The zero-order chi connectivity index (χ0) is 18.8. The van der Waals surface area contributed by atoms with E-state index in [4.69, 9.17) is 0 Å². The molecule has 0 bridgehead atoms. The number of hydrogen-bond acceptors (Lipinski definition) is 6. The molecule has 2 aromatic heterocycles. The smallest absolute Gasteiger partial charge is 0.387 e. The van der Waals surface area contributed by atoms with Crippen molar-refractivity contribution in [1.29, 1.82) is 0 Å². The molecule has 3 rings (SSSR count). The van der Waals surface area contributed by atoms with Crippen LogP contribution in [0.4, 0.5) is 8.78 Å². The molecule has 0 aliphatic rings. The van der Waals surface area contributed by atoms with Gasteiger partial charge in [-0.2, -0.15) is 13.8 Å². The molecule has 0 fully saturated rings. The SMILES string of the molecule is Cc1cc(C)n2nc(S[C@H](C)C(=O)c3ccc(OC(F)F)cc3)nc2n1. The summed E-state index contributed by atoms with van der Waals surface area (Å²) in [6.45, 7) is 2.63. The number of nitrogens with zero attached hydrogens (tertiary/aromatic N) is 4. The van der Waals surface area contributed by atoms with Crippen LogP contribution >= 0.6 is 11.8 Å². The van der Waals surface area contributed by atoms with Gasteiger partial charge in [-0.15, -0.1) is 5.10 Å². The summed E-state index contributed by atoms with van der Waals surface area (Å²) in [5, 5.41) is 4.37. The predicted molar refractivity (Wildman–Crippen MR) is 93.0 cm³/mol. The Hall–Kier alpha value is -2.55. The number of rotatable bonds is 6. The van der Waals surface area contributed by atoms with E-state index in [9.17, 15) is 13.6 Å². The highest BCUT2D eigenvalue weighted by Gasteiger charge is 2.20. The number of benzene rings is 1. The fourth-order valence-electron chi connectivity index (χ4n) is 2.44. The third-order valence-corrected chi connectivity index (χ3v) is 4.57. The summed E-state index contributed by atoms with van der Waals surface area (Å²) in [6, 6.07) is 7.51. The van der Waals surface area contributed by atoms with E-state index in [-0.39, 0.29) is 11.5 Å². The minimum Gasteiger partial charge on any atom is -0.435 e. The maximum Gasteiger partial charge on any atom is 0.387 e. The minimum atomic E-state index is -2.90. The molecule has 6 nitrogen and oxygen atoms in total. The number of Topliss-reactive ketones (excluding diaryl/α,β-unsaturated/α-hetero) is 1. The molecule has 0 aliphatic heterocycles. The van der Waals surface area contributed by atoms with Gasteiger partial charge >= 0.3 is 6.61 Å². The number of carbonyl (C=O) groups excluding carboxylic acids is 1. The summed E-state index contributed by atoms with van der Waals surface area (Å²) >= 11 is 1.22. The normalized spacial score (nSPS) is 12.5. The third-order valence-electron chi connectivity index (χ3n) is 3.61. The van der Waals surface area contributed by atoms with Crippen LogP contribution in [0.2, 0.25) is 0 Å². The fourth-order valence-corrected chi connectivity index (χ4v) is 3.27. The first-order valence-electron chi connectivity index (χ1n) is 7.80. The molecule has 1 aromatic carbocycles. The van der Waals surface area contributed by atoms with Crippen LogP contribution in [0.1, 0.15) is 28.7 Å². The largest absolute Gasteiger partial charge is 0.435 e. The van der Waals surface area contributed by atoms with Gasteiger partial charge in [-0.1, -0.05) is 11.8 Å². The van der Waals surface area contributed by atoms with Gasteiger partial charge in [0.15, 0.2) is 5.78 Å². The number of carbonyl (C=O) groups is 1. The number of alkyl halides is 2. The lowest BCUT2D eigenvalue weighted by molar-refractivity contribution is -0.0498. The van der Waals surface area contributed by atoms with Crippen LogP contribution in [0.15, 0.2) is 35.5 Å². The van der Waals surface area contributed by atoms with E-state index >= 15 is 0 Å². The highest BCUT2D eigenvalue weighted by molar-refractivity contribution is 8.00. The summed E-state index contributed by atoms with van der Waals surface area (Å²) < 4.78 is 30.3. The van der Waals surface area contributed by atoms with Gasteiger partial charge in [0.1, 0.15) is 5.75 Å². The van der Waals surface area contributed by atoms with Crippen LogP contribution in [-0.2, 0) is 0 Å². The Morgan fingerprint density at radius 3 is 2.54 bits per heavy atom. The van der Waals surface area contributed by atoms with Crippen molar-refractivity contribution in [3.8, 4) is 5.75 Å². The first-order valence-corrected chi connectivity index (χ1v) is 8.68. The molecule has 0 aliphatic carbocycles. The maximum atomic E-state index is 12.5. The van der Waals surface area contributed by atoms with Crippen LogP contribution < -0.4 is 4.74 Å². The van der Waals surface area contributed by atoms with Crippen LogP contribution in [0.25, 0.3) is 5.78 Å². The lowest BCUT2D eigenvalue weighted by Gasteiger charge is -2.09. The maximum absolute atomic E-state index is 12.5. The molecule has 2 heterocycles. The second-order valence-corrected chi connectivity index (χ2v) is 6.98. The molecule has 0 amide bonds. The average Bonchev–Trinajstić information content (AvgIpc) is 2.97. The second-order valence-electron chi connectivity index (χ2n) is 5.67. The number of aryl methyl sites for hydroxylation is 2. The Morgan fingerprint density at radius 2 is 1.88 bits per heavy atom. The van der Waals surface area contributed by atoms with Crippen LogP contribution in [0, 0.1) is 13.8 Å². The van der Waals surface area contributed by atoms with Crippen molar-refractivity contribution in [2.24, 2.45) is 0 Å². The van der Waals surface area contributed by atoms with Gasteiger partial charge < -0.3 is 4.74 Å². The number of aromatic nitrogens is 4. The zero-order valence-electron chi connectivity index (χ0n) is 14.3. The summed E-state index contributed by atoms with van der Waals surface area (Å²) in [5.41, 5.74) is 2.15. The van der Waals surface area contributed by atoms with Crippen LogP contribution in [-0.4, -0.2) is 37.2 Å². The summed E-state index contributed by atoms with van der Waals surface area (Å²) in [5.74, 6) is 0.340. The van der Waals surface area contributed by atoms with Gasteiger partial charge in [-0.3, -0.25) is 4.79 Å².